The Morgan fingerprint density at radius 1 is 1.33 bits per heavy atom. The molecule has 0 bridgehead atoms. The molecule has 0 spiro atoms. The quantitative estimate of drug-likeness (QED) is 0.850. The van der Waals surface area contributed by atoms with Crippen molar-refractivity contribution in [3.63, 3.8) is 0 Å². The number of carbonyl (C=O) groups is 1. The predicted octanol–water partition coefficient (Wildman–Crippen LogP) is 1.18. The summed E-state index contributed by atoms with van der Waals surface area (Å²) in [6.07, 6.45) is 0.379. The van der Waals surface area contributed by atoms with E-state index >= 15 is 0 Å². The number of hydrogen-bond donors (Lipinski definition) is 0. The Morgan fingerprint density at radius 3 is 3.00 bits per heavy atom. The zero-order chi connectivity index (χ0) is 14.8. The first-order valence-electron chi connectivity index (χ1n) is 6.97. The van der Waals surface area contributed by atoms with Crippen LogP contribution < -0.4 is 4.74 Å². The highest BCUT2D eigenvalue weighted by Crippen LogP contribution is 2.16. The van der Waals surface area contributed by atoms with Crippen LogP contribution in [0.25, 0.3) is 0 Å². The topological polar surface area (TPSA) is 60.2 Å². The normalized spacial score (nSPS) is 13.9. The summed E-state index contributed by atoms with van der Waals surface area (Å²) in [5, 5.41) is 8.18. The van der Waals surface area contributed by atoms with Crippen molar-refractivity contribution in [2.75, 3.05) is 13.7 Å². The van der Waals surface area contributed by atoms with Crippen molar-refractivity contribution in [3.8, 4) is 5.75 Å². The number of carbonyl (C=O) groups excluding carboxylic acids is 1. The van der Waals surface area contributed by atoms with E-state index < -0.39 is 0 Å². The third-order valence-corrected chi connectivity index (χ3v) is 3.78. The molecule has 1 aliphatic heterocycles. The van der Waals surface area contributed by atoms with Gasteiger partial charge in [0.05, 0.1) is 20.1 Å². The Labute approximate surface area is 123 Å². The maximum absolute atomic E-state index is 12.4. The monoisotopic (exact) mass is 286 g/mol. The summed E-state index contributed by atoms with van der Waals surface area (Å²) in [6.45, 7) is 3.93. The Bertz CT molecular complexity index is 665. The molecule has 0 fully saturated rings. The van der Waals surface area contributed by atoms with Crippen molar-refractivity contribution < 1.29 is 9.53 Å². The Kier molecular flexibility index (Phi) is 3.60. The lowest BCUT2D eigenvalue weighted by Gasteiger charge is -2.27. The second-order valence-corrected chi connectivity index (χ2v) is 5.16. The molecule has 0 radical (unpaired) electrons. The van der Waals surface area contributed by atoms with Gasteiger partial charge in [0.25, 0.3) is 0 Å². The van der Waals surface area contributed by atoms with Crippen LogP contribution in [0.3, 0.4) is 0 Å². The van der Waals surface area contributed by atoms with Crippen LogP contribution in [-0.2, 0) is 24.3 Å². The van der Waals surface area contributed by atoms with Crippen molar-refractivity contribution >= 4 is 5.91 Å². The molecule has 0 aliphatic carbocycles. The number of aryl methyl sites for hydroxylation is 1. The summed E-state index contributed by atoms with van der Waals surface area (Å²) in [7, 11) is 1.63. The predicted molar refractivity (Wildman–Crippen MR) is 76.9 cm³/mol. The molecule has 0 saturated heterocycles. The van der Waals surface area contributed by atoms with Crippen LogP contribution in [0.4, 0.5) is 0 Å². The van der Waals surface area contributed by atoms with E-state index in [2.05, 4.69) is 14.8 Å². The maximum atomic E-state index is 12.4. The maximum Gasteiger partial charge on any atom is 0.227 e. The molecule has 2 aromatic rings. The third kappa shape index (κ3) is 2.74. The molecule has 6 heteroatoms. The van der Waals surface area contributed by atoms with E-state index in [1.165, 1.54) is 0 Å². The van der Waals surface area contributed by atoms with E-state index in [4.69, 9.17) is 4.74 Å². The van der Waals surface area contributed by atoms with E-state index in [-0.39, 0.29) is 5.91 Å². The number of rotatable bonds is 3. The van der Waals surface area contributed by atoms with Crippen molar-refractivity contribution in [2.24, 2.45) is 0 Å². The molecule has 21 heavy (non-hydrogen) atoms. The highest BCUT2D eigenvalue weighted by molar-refractivity contribution is 5.79. The van der Waals surface area contributed by atoms with Crippen LogP contribution in [0.15, 0.2) is 24.3 Å². The number of amides is 1. The fraction of sp³-hybridized carbons (Fsp3) is 0.400. The van der Waals surface area contributed by atoms with Gasteiger partial charge in [-0.3, -0.25) is 4.79 Å². The van der Waals surface area contributed by atoms with Gasteiger partial charge in [0, 0.05) is 13.1 Å². The van der Waals surface area contributed by atoms with Crippen molar-refractivity contribution in [1.29, 1.82) is 0 Å². The minimum absolute atomic E-state index is 0.107. The Balaban J connectivity index is 1.69. The van der Waals surface area contributed by atoms with Crippen molar-refractivity contribution in [1.82, 2.24) is 19.7 Å². The summed E-state index contributed by atoms with van der Waals surface area (Å²) in [5.74, 6) is 2.65. The number of aromatic nitrogens is 3. The van der Waals surface area contributed by atoms with Gasteiger partial charge in [-0.05, 0) is 24.6 Å². The average Bonchev–Trinajstić information content (AvgIpc) is 2.88. The molecule has 1 amide bonds. The van der Waals surface area contributed by atoms with E-state index in [1.807, 2.05) is 36.1 Å². The number of hydrogen-bond acceptors (Lipinski definition) is 4. The highest BCUT2D eigenvalue weighted by atomic mass is 16.5. The third-order valence-electron chi connectivity index (χ3n) is 3.78. The van der Waals surface area contributed by atoms with E-state index in [0.717, 1.165) is 29.5 Å². The van der Waals surface area contributed by atoms with Gasteiger partial charge in [-0.25, -0.2) is 0 Å². The minimum Gasteiger partial charge on any atom is -0.497 e. The molecule has 6 nitrogen and oxygen atoms in total. The lowest BCUT2D eigenvalue weighted by atomic mass is 10.1. The fourth-order valence-electron chi connectivity index (χ4n) is 2.58. The average molecular weight is 286 g/mol. The Morgan fingerprint density at radius 2 is 2.19 bits per heavy atom. The SMILES string of the molecule is COc1cccc(CC(=O)N2CCn3c(C)nnc3C2)c1. The molecule has 1 aromatic heterocycles. The van der Waals surface area contributed by atoms with E-state index in [9.17, 15) is 4.79 Å². The van der Waals surface area contributed by atoms with Crippen molar-refractivity contribution in [3.05, 3.63) is 41.5 Å². The first-order valence-corrected chi connectivity index (χ1v) is 6.97. The van der Waals surface area contributed by atoms with Gasteiger partial charge in [0.2, 0.25) is 5.91 Å². The molecule has 0 unspecified atom stereocenters. The smallest absolute Gasteiger partial charge is 0.227 e. The summed E-state index contributed by atoms with van der Waals surface area (Å²) < 4.78 is 7.25. The zero-order valence-corrected chi connectivity index (χ0v) is 12.2. The summed E-state index contributed by atoms with van der Waals surface area (Å²) in [4.78, 5) is 14.2. The summed E-state index contributed by atoms with van der Waals surface area (Å²) in [6, 6.07) is 7.61. The van der Waals surface area contributed by atoms with Crippen LogP contribution in [0, 0.1) is 6.92 Å². The van der Waals surface area contributed by atoms with E-state index in [0.29, 0.717) is 19.5 Å². The number of methoxy groups -OCH3 is 1. The molecular formula is C15H18N4O2. The van der Waals surface area contributed by atoms with Crippen molar-refractivity contribution in [2.45, 2.75) is 26.4 Å². The number of ether oxygens (including phenoxy) is 1. The number of nitrogens with zero attached hydrogens (tertiary/aromatic N) is 4. The number of fused-ring (bicyclic) bond motifs is 1. The minimum atomic E-state index is 0.107. The Hall–Kier alpha value is -2.37. The fourth-order valence-corrected chi connectivity index (χ4v) is 2.58. The molecule has 3 rings (SSSR count). The van der Waals surface area contributed by atoms with Crippen LogP contribution in [0.5, 0.6) is 5.75 Å². The summed E-state index contributed by atoms with van der Waals surface area (Å²) in [5.41, 5.74) is 0.961. The highest BCUT2D eigenvalue weighted by Gasteiger charge is 2.23. The van der Waals surface area contributed by atoms with Crippen LogP contribution in [0.2, 0.25) is 0 Å². The van der Waals surface area contributed by atoms with Gasteiger partial charge in [-0.1, -0.05) is 12.1 Å². The second-order valence-electron chi connectivity index (χ2n) is 5.16. The molecule has 0 N–H and O–H groups in total. The first-order chi connectivity index (χ1) is 10.2. The standard InChI is InChI=1S/C15H18N4O2/c1-11-16-17-14-10-18(6-7-19(11)14)15(20)9-12-4-3-5-13(8-12)21-2/h3-5,8H,6-7,9-10H2,1-2H3. The first kappa shape index (κ1) is 13.6. The van der Waals surface area contributed by atoms with E-state index in [1.54, 1.807) is 7.11 Å². The zero-order valence-electron chi connectivity index (χ0n) is 12.2. The molecule has 1 aliphatic rings. The lowest BCUT2D eigenvalue weighted by Crippen LogP contribution is -2.39. The van der Waals surface area contributed by atoms with Gasteiger partial charge < -0.3 is 14.2 Å². The largest absolute Gasteiger partial charge is 0.497 e. The molecule has 110 valence electrons. The van der Waals surface area contributed by atoms with Crippen LogP contribution in [0.1, 0.15) is 17.2 Å². The summed E-state index contributed by atoms with van der Waals surface area (Å²) >= 11 is 0. The van der Waals surface area contributed by atoms with Gasteiger partial charge >= 0.3 is 0 Å². The van der Waals surface area contributed by atoms with Gasteiger partial charge in [-0.2, -0.15) is 0 Å². The molecular weight excluding hydrogens is 268 g/mol. The molecule has 0 atom stereocenters. The molecule has 1 aromatic carbocycles. The van der Waals surface area contributed by atoms with Crippen LogP contribution >= 0.6 is 0 Å². The van der Waals surface area contributed by atoms with Crippen LogP contribution in [-0.4, -0.2) is 39.2 Å². The van der Waals surface area contributed by atoms with Gasteiger partial charge in [-0.15, -0.1) is 10.2 Å². The number of benzene rings is 1. The van der Waals surface area contributed by atoms with Gasteiger partial charge in [0.1, 0.15) is 11.6 Å². The second kappa shape index (κ2) is 5.55. The lowest BCUT2D eigenvalue weighted by molar-refractivity contribution is -0.132. The molecule has 0 saturated carbocycles. The molecule has 2 heterocycles. The van der Waals surface area contributed by atoms with Gasteiger partial charge in [0.15, 0.2) is 5.82 Å².